The summed E-state index contributed by atoms with van der Waals surface area (Å²) in [6, 6.07) is 10.5. The summed E-state index contributed by atoms with van der Waals surface area (Å²) in [5.41, 5.74) is -0.210. The van der Waals surface area contributed by atoms with Gasteiger partial charge in [0.25, 0.3) is 0 Å². The Labute approximate surface area is 226 Å². The van der Waals surface area contributed by atoms with E-state index in [9.17, 15) is 18.8 Å². The largest absolute Gasteiger partial charge is 0.493 e. The minimum absolute atomic E-state index is 0.131. The quantitative estimate of drug-likeness (QED) is 0.387. The summed E-state index contributed by atoms with van der Waals surface area (Å²) in [6.45, 7) is 7.08. The Balaban J connectivity index is 2.06. The molecule has 10 nitrogen and oxygen atoms in total. The van der Waals surface area contributed by atoms with E-state index in [1.165, 1.54) is 37.3 Å². The lowest BCUT2D eigenvalue weighted by Crippen LogP contribution is -2.49. The van der Waals surface area contributed by atoms with Crippen LogP contribution >= 0.6 is 0 Å². The molecule has 0 spiro atoms. The molecule has 3 rings (SSSR count). The monoisotopic (exact) mass is 540 g/mol. The van der Waals surface area contributed by atoms with Gasteiger partial charge in [0.1, 0.15) is 17.6 Å². The van der Waals surface area contributed by atoms with Crippen LogP contribution in [0.4, 0.5) is 15.9 Å². The summed E-state index contributed by atoms with van der Waals surface area (Å²) in [7, 11) is 2.88. The van der Waals surface area contributed by atoms with Gasteiger partial charge in [-0.2, -0.15) is 0 Å². The van der Waals surface area contributed by atoms with Gasteiger partial charge in [0.15, 0.2) is 17.3 Å². The topological polar surface area (TPSA) is 123 Å². The fraction of sp³-hybridized carbons (Fsp3) is 0.357. The number of rotatable bonds is 10. The number of nitrogens with one attached hydrogen (secondary N) is 2. The number of carbonyl (C=O) groups excluding carboxylic acids is 3. The number of aryl methyl sites for hydroxylation is 1. The molecule has 0 fully saturated rings. The maximum absolute atomic E-state index is 14.4. The Morgan fingerprint density at radius 3 is 2.36 bits per heavy atom. The van der Waals surface area contributed by atoms with Gasteiger partial charge in [-0.25, -0.2) is 4.39 Å². The predicted molar refractivity (Wildman–Crippen MR) is 143 cm³/mol. The summed E-state index contributed by atoms with van der Waals surface area (Å²) in [4.78, 5) is 41.3. The molecule has 11 heteroatoms. The summed E-state index contributed by atoms with van der Waals surface area (Å²) >= 11 is 0. The Kier molecular flexibility index (Phi) is 9.29. The van der Waals surface area contributed by atoms with Crippen molar-refractivity contribution in [3.63, 3.8) is 0 Å². The molecule has 39 heavy (non-hydrogen) atoms. The molecule has 0 aliphatic rings. The predicted octanol–water partition coefficient (Wildman–Crippen LogP) is 4.55. The highest BCUT2D eigenvalue weighted by Crippen LogP contribution is 2.39. The summed E-state index contributed by atoms with van der Waals surface area (Å²) in [5, 5.41) is 9.18. The standard InChI is InChI=1S/C28H33FN4O6/c1-17-15-22(32-39-17)30-23(34)13-14-24(35)33(19-10-7-9-18(29)16-19)25(27(36)31-28(2,3)4)20-11-8-12-21(37-5)26(20)38-6/h7-12,15-16,25H,13-14H2,1-6H3,(H,31,36)(H,30,32,34)/t25-/m1/s1. The van der Waals surface area contributed by atoms with Crippen molar-refractivity contribution in [3.8, 4) is 11.5 Å². The second-order valence-electron chi connectivity index (χ2n) is 9.84. The maximum atomic E-state index is 14.4. The van der Waals surface area contributed by atoms with Gasteiger partial charge in [0.05, 0.1) is 14.2 Å². The molecule has 0 aliphatic heterocycles. The Hall–Kier alpha value is -4.41. The van der Waals surface area contributed by atoms with Crippen LogP contribution in [0.25, 0.3) is 0 Å². The molecule has 0 saturated heterocycles. The van der Waals surface area contributed by atoms with E-state index in [-0.39, 0.29) is 30.1 Å². The van der Waals surface area contributed by atoms with Gasteiger partial charge in [-0.15, -0.1) is 0 Å². The first-order chi connectivity index (χ1) is 18.4. The fourth-order valence-electron chi connectivity index (χ4n) is 4.00. The van der Waals surface area contributed by atoms with Crippen molar-refractivity contribution in [3.05, 3.63) is 65.7 Å². The van der Waals surface area contributed by atoms with Crippen molar-refractivity contribution in [2.45, 2.75) is 52.1 Å². The third kappa shape index (κ3) is 7.56. The third-order valence-electron chi connectivity index (χ3n) is 5.55. The first-order valence-corrected chi connectivity index (χ1v) is 12.3. The lowest BCUT2D eigenvalue weighted by molar-refractivity contribution is -0.128. The number of carbonyl (C=O) groups is 3. The normalized spacial score (nSPS) is 11.9. The zero-order valence-corrected chi connectivity index (χ0v) is 22.8. The molecule has 1 atom stereocenters. The van der Waals surface area contributed by atoms with Gasteiger partial charge in [-0.05, 0) is 52.0 Å². The maximum Gasteiger partial charge on any atom is 0.248 e. The van der Waals surface area contributed by atoms with E-state index in [2.05, 4.69) is 15.8 Å². The number of amides is 3. The van der Waals surface area contributed by atoms with Crippen LogP contribution in [0.1, 0.15) is 51.0 Å². The molecule has 3 amide bonds. The number of para-hydroxylation sites is 1. The molecule has 208 valence electrons. The minimum Gasteiger partial charge on any atom is -0.493 e. The average molecular weight is 541 g/mol. The number of nitrogens with zero attached hydrogens (tertiary/aromatic N) is 2. The molecular formula is C28H33FN4O6. The summed E-state index contributed by atoms with van der Waals surface area (Å²) < 4.78 is 30.3. The van der Waals surface area contributed by atoms with Gasteiger partial charge >= 0.3 is 0 Å². The van der Waals surface area contributed by atoms with Crippen molar-refractivity contribution in [1.82, 2.24) is 10.5 Å². The van der Waals surface area contributed by atoms with Crippen molar-refractivity contribution in [2.75, 3.05) is 24.4 Å². The molecule has 0 unspecified atom stereocenters. The second-order valence-corrected chi connectivity index (χ2v) is 9.84. The molecule has 2 N–H and O–H groups in total. The molecular weight excluding hydrogens is 507 g/mol. The Bertz CT molecular complexity index is 1330. The highest BCUT2D eigenvalue weighted by atomic mass is 19.1. The minimum atomic E-state index is -1.29. The number of halogens is 1. The van der Waals surface area contributed by atoms with E-state index in [0.717, 1.165) is 6.07 Å². The average Bonchev–Trinajstić information content (AvgIpc) is 3.28. The first kappa shape index (κ1) is 29.2. The van der Waals surface area contributed by atoms with E-state index >= 15 is 0 Å². The van der Waals surface area contributed by atoms with Gasteiger partial charge in [0.2, 0.25) is 17.7 Å². The van der Waals surface area contributed by atoms with Crippen LogP contribution in [0.5, 0.6) is 11.5 Å². The molecule has 3 aromatic rings. The smallest absolute Gasteiger partial charge is 0.248 e. The lowest BCUT2D eigenvalue weighted by atomic mass is 9.98. The summed E-state index contributed by atoms with van der Waals surface area (Å²) in [6.07, 6.45) is -0.510. The molecule has 0 bridgehead atoms. The van der Waals surface area contributed by atoms with Crippen molar-refractivity contribution < 1.29 is 32.8 Å². The van der Waals surface area contributed by atoms with Crippen LogP contribution in [-0.4, -0.2) is 42.6 Å². The number of anilines is 2. The number of ether oxygens (including phenoxy) is 2. The zero-order valence-electron chi connectivity index (χ0n) is 22.8. The fourth-order valence-corrected chi connectivity index (χ4v) is 4.00. The van der Waals surface area contributed by atoms with Gasteiger partial charge in [0, 0.05) is 35.7 Å². The number of hydrogen-bond donors (Lipinski definition) is 2. The molecule has 1 heterocycles. The van der Waals surface area contributed by atoms with Crippen molar-refractivity contribution in [2.24, 2.45) is 0 Å². The van der Waals surface area contributed by atoms with Crippen LogP contribution in [0.3, 0.4) is 0 Å². The Morgan fingerprint density at radius 2 is 1.77 bits per heavy atom. The van der Waals surface area contributed by atoms with Crippen molar-refractivity contribution >= 4 is 29.2 Å². The molecule has 0 radical (unpaired) electrons. The zero-order chi connectivity index (χ0) is 28.7. The molecule has 0 aliphatic carbocycles. The van der Waals surface area contributed by atoms with Crippen LogP contribution in [0.2, 0.25) is 0 Å². The number of hydrogen-bond acceptors (Lipinski definition) is 7. The SMILES string of the molecule is COc1cccc([C@H](C(=O)NC(C)(C)C)N(C(=O)CCC(=O)Nc2cc(C)on2)c2cccc(F)c2)c1OC. The van der Waals surface area contributed by atoms with Crippen LogP contribution < -0.4 is 25.0 Å². The number of benzene rings is 2. The van der Waals surface area contributed by atoms with E-state index in [1.807, 2.05) is 0 Å². The van der Waals surface area contributed by atoms with E-state index < -0.39 is 35.1 Å². The van der Waals surface area contributed by atoms with Gasteiger partial charge < -0.3 is 24.6 Å². The van der Waals surface area contributed by atoms with Crippen molar-refractivity contribution in [1.29, 1.82) is 0 Å². The number of methoxy groups -OCH3 is 2. The van der Waals surface area contributed by atoms with E-state index in [1.54, 1.807) is 52.0 Å². The van der Waals surface area contributed by atoms with Crippen LogP contribution in [0.15, 0.2) is 53.1 Å². The van der Waals surface area contributed by atoms with Crippen LogP contribution in [0, 0.1) is 12.7 Å². The first-order valence-electron chi connectivity index (χ1n) is 12.3. The molecule has 2 aromatic carbocycles. The molecule has 1 aromatic heterocycles. The number of aromatic nitrogens is 1. The van der Waals surface area contributed by atoms with E-state index in [0.29, 0.717) is 17.1 Å². The molecule has 0 saturated carbocycles. The summed E-state index contributed by atoms with van der Waals surface area (Å²) in [5.74, 6) is -0.892. The Morgan fingerprint density at radius 1 is 1.05 bits per heavy atom. The van der Waals surface area contributed by atoms with E-state index in [4.69, 9.17) is 14.0 Å². The highest BCUT2D eigenvalue weighted by Gasteiger charge is 2.37. The van der Waals surface area contributed by atoms with Gasteiger partial charge in [-0.3, -0.25) is 19.3 Å². The third-order valence-corrected chi connectivity index (χ3v) is 5.55. The second kappa shape index (κ2) is 12.4. The highest BCUT2D eigenvalue weighted by molar-refractivity contribution is 6.03. The van der Waals surface area contributed by atoms with Gasteiger partial charge in [-0.1, -0.05) is 23.4 Å². The van der Waals surface area contributed by atoms with Crippen LogP contribution in [-0.2, 0) is 14.4 Å². The lowest BCUT2D eigenvalue weighted by Gasteiger charge is -2.34.